The summed E-state index contributed by atoms with van der Waals surface area (Å²) in [5.41, 5.74) is 3.44. The van der Waals surface area contributed by atoms with E-state index in [1.165, 1.54) is 11.6 Å². The zero-order valence-corrected chi connectivity index (χ0v) is 34.1. The van der Waals surface area contributed by atoms with Gasteiger partial charge in [0.1, 0.15) is 29.9 Å². The zero-order chi connectivity index (χ0) is 44.1. The summed E-state index contributed by atoms with van der Waals surface area (Å²) in [7, 11) is -2.26. The van der Waals surface area contributed by atoms with Crippen LogP contribution in [-0.4, -0.2) is 68.6 Å². The van der Waals surface area contributed by atoms with E-state index in [0.717, 1.165) is 36.6 Å². The van der Waals surface area contributed by atoms with E-state index in [4.69, 9.17) is 10.7 Å². The molecule has 4 atom stereocenters. The van der Waals surface area contributed by atoms with Crippen LogP contribution in [0.5, 0.6) is 0 Å². The third-order valence-electron chi connectivity index (χ3n) is 11.1. The molecule has 2 aliphatic rings. The number of nitrogens with one attached hydrogen (secondary N) is 2. The largest absolute Gasteiger partial charge is 0.435 e. The third-order valence-corrected chi connectivity index (χ3v) is 12.7. The molecule has 0 saturated carbocycles. The standard InChI is InChI=1S/C38H35F7N10O4S2/c1-16-17(2)37(41,42)32-28(16)31(38(43,44)45)50-55(32)15-27(56)47-24(12-18-10-19(39)13-20(40)11-18)29-23(14-26-35(48-29)49-36(60-26)54-9-8-25(54)33(46)57)21-6-5-7-22-30(21)53(3)51-34(22)52-61(4,58)59/h5-7,10-11,13-14,16-17,24-25H,8-9,12,15H2,1-4H3,(H2,46,57)(H,47,56)(H,51,52)/t16-,17+,24-,25?/m0/s1. The number of thiazole rings is 1. The van der Waals surface area contributed by atoms with Gasteiger partial charge in [0, 0.05) is 47.7 Å². The molecule has 322 valence electrons. The highest BCUT2D eigenvalue weighted by Gasteiger charge is 2.57. The van der Waals surface area contributed by atoms with Crippen molar-refractivity contribution >= 4 is 65.4 Å². The SMILES string of the molecule is C[C@@H]1c2c(C(F)(F)F)nn(CC(=O)N[C@@H](Cc3cc(F)cc(F)c3)c3nc4nc(N5CCC5C(N)=O)sc4cc3-c3cccc4c(NS(C)(=O)=O)nn(C)c34)c2C(F)(F)[C@@H]1C. The van der Waals surface area contributed by atoms with Crippen molar-refractivity contribution in [2.75, 3.05) is 22.4 Å². The van der Waals surface area contributed by atoms with E-state index in [9.17, 15) is 40.0 Å². The molecule has 1 aliphatic heterocycles. The molecule has 61 heavy (non-hydrogen) atoms. The number of para-hydroxylation sites is 1. The van der Waals surface area contributed by atoms with E-state index in [2.05, 4.69) is 25.2 Å². The van der Waals surface area contributed by atoms with E-state index in [-0.39, 0.29) is 28.3 Å². The summed E-state index contributed by atoms with van der Waals surface area (Å²) >= 11 is 1.16. The van der Waals surface area contributed by atoms with E-state index in [1.807, 2.05) is 0 Å². The highest BCUT2D eigenvalue weighted by molar-refractivity contribution is 7.92. The monoisotopic (exact) mass is 892 g/mol. The number of benzene rings is 2. The lowest BCUT2D eigenvalue weighted by atomic mass is 9.94. The van der Waals surface area contributed by atoms with Gasteiger partial charge in [-0.3, -0.25) is 23.7 Å². The zero-order valence-electron chi connectivity index (χ0n) is 32.5. The smallest absolute Gasteiger partial charge is 0.368 e. The van der Waals surface area contributed by atoms with E-state index < -0.39 is 99.4 Å². The molecule has 1 aliphatic carbocycles. The van der Waals surface area contributed by atoms with Crippen LogP contribution in [0.2, 0.25) is 0 Å². The Hall–Kier alpha value is -5.84. The summed E-state index contributed by atoms with van der Waals surface area (Å²) in [6.45, 7) is 1.67. The minimum absolute atomic E-state index is 0.00592. The molecule has 5 heterocycles. The molecule has 1 fully saturated rings. The lowest BCUT2D eigenvalue weighted by Crippen LogP contribution is -2.55. The quantitative estimate of drug-likeness (QED) is 0.129. The molecule has 23 heteroatoms. The van der Waals surface area contributed by atoms with Crippen LogP contribution >= 0.6 is 11.3 Å². The Bertz CT molecular complexity index is 2870. The van der Waals surface area contributed by atoms with Gasteiger partial charge in [-0.2, -0.15) is 37.1 Å². The lowest BCUT2D eigenvalue weighted by Gasteiger charge is -2.38. The summed E-state index contributed by atoms with van der Waals surface area (Å²) < 4.78 is 132. The van der Waals surface area contributed by atoms with E-state index in [1.54, 1.807) is 36.2 Å². The highest BCUT2D eigenvalue weighted by atomic mass is 32.2. The number of carbonyl (C=O) groups is 2. The summed E-state index contributed by atoms with van der Waals surface area (Å²) in [6, 6.07) is 7.12. The number of pyridine rings is 1. The predicted molar refractivity (Wildman–Crippen MR) is 210 cm³/mol. The molecule has 2 amide bonds. The minimum atomic E-state index is -5.12. The number of nitrogens with zero attached hydrogens (tertiary/aromatic N) is 7. The molecule has 14 nitrogen and oxygen atoms in total. The molecule has 4 aromatic heterocycles. The van der Waals surface area contributed by atoms with Crippen molar-refractivity contribution in [3.8, 4) is 11.1 Å². The third kappa shape index (κ3) is 7.50. The van der Waals surface area contributed by atoms with Gasteiger partial charge in [0.15, 0.2) is 22.3 Å². The second-order valence-corrected chi connectivity index (χ2v) is 18.0. The second kappa shape index (κ2) is 14.7. The molecule has 0 bridgehead atoms. The molecule has 0 radical (unpaired) electrons. The molecule has 4 N–H and O–H groups in total. The van der Waals surface area contributed by atoms with Gasteiger partial charge in [0.2, 0.25) is 21.8 Å². The Morgan fingerprint density at radius 1 is 1.05 bits per heavy atom. The second-order valence-electron chi connectivity index (χ2n) is 15.3. The Morgan fingerprint density at radius 3 is 2.38 bits per heavy atom. The van der Waals surface area contributed by atoms with Gasteiger partial charge in [0.25, 0.3) is 5.92 Å². The number of nitrogens with two attached hydrogens (primary N) is 1. The van der Waals surface area contributed by atoms with Crippen molar-refractivity contribution in [3.05, 3.63) is 82.3 Å². The summed E-state index contributed by atoms with van der Waals surface area (Å²) in [6.07, 6.45) is -4.09. The van der Waals surface area contributed by atoms with Crippen LogP contribution in [0, 0.1) is 17.6 Å². The summed E-state index contributed by atoms with van der Waals surface area (Å²) in [5.74, 6) is -10.2. The molecule has 6 aromatic rings. The average Bonchev–Trinajstić information content (AvgIpc) is 3.84. The maximum atomic E-state index is 15.7. The first kappa shape index (κ1) is 41.9. The number of anilines is 2. The number of fused-ring (bicyclic) bond motifs is 3. The molecular formula is C38H35F7N10O4S2. The maximum absolute atomic E-state index is 15.7. The van der Waals surface area contributed by atoms with Gasteiger partial charge in [0.05, 0.1) is 28.2 Å². The fourth-order valence-electron chi connectivity index (χ4n) is 8.11. The first-order valence-electron chi connectivity index (χ1n) is 18.6. The number of primary amides is 1. The maximum Gasteiger partial charge on any atom is 0.435 e. The molecule has 8 rings (SSSR count). The van der Waals surface area contributed by atoms with Crippen LogP contribution in [0.1, 0.15) is 60.4 Å². The number of sulfonamides is 1. The number of aromatic nitrogens is 6. The topological polar surface area (TPSA) is 183 Å². The number of carbonyl (C=O) groups excluding carboxylic acids is 2. The Balaban J connectivity index is 1.30. The Labute approximate surface area is 346 Å². The average molecular weight is 893 g/mol. The highest BCUT2D eigenvalue weighted by Crippen LogP contribution is 2.55. The Kier molecular flexibility index (Phi) is 10.1. The number of aryl methyl sites for hydroxylation is 1. The molecule has 2 aromatic carbocycles. The van der Waals surface area contributed by atoms with Gasteiger partial charge >= 0.3 is 6.18 Å². The Morgan fingerprint density at radius 2 is 1.75 bits per heavy atom. The summed E-state index contributed by atoms with van der Waals surface area (Å²) in [4.78, 5) is 37.4. The van der Waals surface area contributed by atoms with Gasteiger partial charge in [-0.15, -0.1) is 0 Å². The van der Waals surface area contributed by atoms with E-state index in [0.29, 0.717) is 50.0 Å². The van der Waals surface area contributed by atoms with Crippen molar-refractivity contribution in [1.82, 2.24) is 34.8 Å². The van der Waals surface area contributed by atoms with Crippen molar-refractivity contribution in [3.63, 3.8) is 0 Å². The van der Waals surface area contributed by atoms with Crippen LogP contribution < -0.4 is 20.7 Å². The van der Waals surface area contributed by atoms with Crippen molar-refractivity contribution in [2.45, 2.75) is 63.3 Å². The van der Waals surface area contributed by atoms with Crippen molar-refractivity contribution < 1.29 is 48.7 Å². The van der Waals surface area contributed by atoms with Gasteiger partial charge in [-0.05, 0) is 48.6 Å². The van der Waals surface area contributed by atoms with Gasteiger partial charge in [-0.1, -0.05) is 37.3 Å². The van der Waals surface area contributed by atoms with Crippen LogP contribution in [-0.2, 0) is 51.7 Å². The fraction of sp³-hybridized carbons (Fsp3) is 0.368. The molecule has 0 spiro atoms. The number of amides is 2. The van der Waals surface area contributed by atoms with Crippen molar-refractivity contribution in [2.24, 2.45) is 18.7 Å². The van der Waals surface area contributed by atoms with Crippen LogP contribution in [0.3, 0.4) is 0 Å². The van der Waals surface area contributed by atoms with Crippen molar-refractivity contribution in [1.29, 1.82) is 0 Å². The predicted octanol–water partition coefficient (Wildman–Crippen LogP) is 6.12. The van der Waals surface area contributed by atoms with Crippen LogP contribution in [0.15, 0.2) is 42.5 Å². The normalized spacial score (nSPS) is 19.3. The molecular weight excluding hydrogens is 858 g/mol. The van der Waals surface area contributed by atoms with Crippen LogP contribution in [0.25, 0.3) is 32.4 Å². The first-order chi connectivity index (χ1) is 28.5. The summed E-state index contributed by atoms with van der Waals surface area (Å²) in [5, 5.41) is 11.2. The van der Waals surface area contributed by atoms with Gasteiger partial charge in [-0.25, -0.2) is 22.2 Å². The lowest BCUT2D eigenvalue weighted by molar-refractivity contribution is -0.143. The van der Waals surface area contributed by atoms with Crippen LogP contribution in [0.4, 0.5) is 41.7 Å². The minimum Gasteiger partial charge on any atom is -0.368 e. The number of halogens is 7. The van der Waals surface area contributed by atoms with Gasteiger partial charge < -0.3 is 16.0 Å². The van der Waals surface area contributed by atoms with E-state index >= 15 is 8.78 Å². The number of alkyl halides is 5. The number of rotatable bonds is 11. The molecule has 1 unspecified atom stereocenters. The number of hydrogen-bond donors (Lipinski definition) is 3. The number of hydrogen-bond acceptors (Lipinski definition) is 10. The fourth-order valence-corrected chi connectivity index (χ4v) is 9.63. The molecule has 1 saturated heterocycles. The first-order valence-corrected chi connectivity index (χ1v) is 21.3.